The van der Waals surface area contributed by atoms with Crippen LogP contribution in [-0.2, 0) is 16.1 Å². The molecular weight excluding hydrogens is 402 g/mol. The fraction of sp³-hybridized carbons (Fsp3) is 0.500. The van der Waals surface area contributed by atoms with Crippen molar-refractivity contribution in [2.75, 3.05) is 31.1 Å². The van der Waals surface area contributed by atoms with Gasteiger partial charge >= 0.3 is 5.97 Å². The minimum atomic E-state index is -0.632. The number of carbonyl (C=O) groups excluding carboxylic acids is 2. The standard InChI is InChI=1S/C22H25N3O4S/c1-14-16(2-3-17-18(14)12-29-20(17)27)19(26)11-24-7-4-22(5-8-24)6-9-25(21(22)28)15-10-23-30-13-15/h2-3,10,13,19,26H,4-9,11-12H2,1H3. The summed E-state index contributed by atoms with van der Waals surface area (Å²) in [5.41, 5.74) is 3.91. The van der Waals surface area contributed by atoms with Gasteiger partial charge in [-0.25, -0.2) is 4.79 Å². The molecule has 5 rings (SSSR count). The first-order chi connectivity index (χ1) is 14.5. The van der Waals surface area contributed by atoms with Gasteiger partial charge in [0.05, 0.1) is 29.0 Å². The fourth-order valence-electron chi connectivity index (χ4n) is 5.10. The van der Waals surface area contributed by atoms with E-state index in [-0.39, 0.29) is 23.9 Å². The van der Waals surface area contributed by atoms with Gasteiger partial charge in [0.15, 0.2) is 0 Å². The van der Waals surface area contributed by atoms with Crippen molar-refractivity contribution in [2.45, 2.75) is 38.9 Å². The number of likely N-dealkylation sites (tertiary alicyclic amines) is 1. The Hall–Kier alpha value is -2.29. The number of rotatable bonds is 4. The number of benzene rings is 1. The maximum Gasteiger partial charge on any atom is 0.338 e. The molecule has 8 heteroatoms. The molecule has 0 aliphatic carbocycles. The lowest BCUT2D eigenvalue weighted by Crippen LogP contribution is -2.45. The Kier molecular flexibility index (Phi) is 4.88. The Morgan fingerprint density at radius 3 is 2.73 bits per heavy atom. The number of hydrogen-bond acceptors (Lipinski definition) is 7. The molecule has 1 aromatic carbocycles. The van der Waals surface area contributed by atoms with E-state index in [1.54, 1.807) is 12.3 Å². The molecular formula is C22H25N3O4S. The van der Waals surface area contributed by atoms with Crippen LogP contribution in [0.15, 0.2) is 23.7 Å². The molecule has 7 nitrogen and oxygen atoms in total. The number of fused-ring (bicyclic) bond motifs is 1. The minimum Gasteiger partial charge on any atom is -0.457 e. The number of hydrogen-bond donors (Lipinski definition) is 1. The average Bonchev–Trinajstić information content (AvgIpc) is 3.46. The van der Waals surface area contributed by atoms with Gasteiger partial charge in [0.1, 0.15) is 6.61 Å². The van der Waals surface area contributed by atoms with E-state index in [0.29, 0.717) is 12.1 Å². The number of aliphatic hydroxyl groups excluding tert-OH is 1. The third-order valence-electron chi connectivity index (χ3n) is 7.05. The van der Waals surface area contributed by atoms with E-state index in [4.69, 9.17) is 4.74 Å². The quantitative estimate of drug-likeness (QED) is 0.756. The van der Waals surface area contributed by atoms with Crippen molar-refractivity contribution in [1.82, 2.24) is 9.27 Å². The van der Waals surface area contributed by atoms with Crippen molar-refractivity contribution in [3.05, 3.63) is 46.0 Å². The zero-order valence-electron chi connectivity index (χ0n) is 17.0. The first-order valence-corrected chi connectivity index (χ1v) is 11.2. The van der Waals surface area contributed by atoms with Gasteiger partial charge in [-0.1, -0.05) is 6.07 Å². The SMILES string of the molecule is Cc1c(C(O)CN2CCC3(CC2)CCN(c2cnsc2)C3=O)ccc2c1COC2=O. The maximum atomic E-state index is 13.1. The van der Waals surface area contributed by atoms with Crippen molar-refractivity contribution in [2.24, 2.45) is 5.41 Å². The highest BCUT2D eigenvalue weighted by Crippen LogP contribution is 2.43. The van der Waals surface area contributed by atoms with Crippen LogP contribution in [0.25, 0.3) is 0 Å². The number of carbonyl (C=O) groups is 2. The molecule has 0 radical (unpaired) electrons. The van der Waals surface area contributed by atoms with Gasteiger partial charge in [-0.2, -0.15) is 4.37 Å². The van der Waals surface area contributed by atoms with Crippen molar-refractivity contribution in [3.63, 3.8) is 0 Å². The third kappa shape index (κ3) is 3.14. The topological polar surface area (TPSA) is 83.0 Å². The van der Waals surface area contributed by atoms with Gasteiger partial charge in [-0.15, -0.1) is 0 Å². The molecule has 30 heavy (non-hydrogen) atoms. The van der Waals surface area contributed by atoms with Gasteiger partial charge < -0.3 is 19.6 Å². The molecule has 1 aromatic heterocycles. The highest BCUT2D eigenvalue weighted by molar-refractivity contribution is 7.04. The summed E-state index contributed by atoms with van der Waals surface area (Å²) in [6.45, 7) is 5.10. The summed E-state index contributed by atoms with van der Waals surface area (Å²) in [6.07, 6.45) is 3.66. The van der Waals surface area contributed by atoms with Crippen LogP contribution in [0.5, 0.6) is 0 Å². The fourth-order valence-corrected chi connectivity index (χ4v) is 5.62. The Morgan fingerprint density at radius 1 is 1.23 bits per heavy atom. The summed E-state index contributed by atoms with van der Waals surface area (Å²) in [5.74, 6) is -0.0639. The number of ether oxygens (including phenoxy) is 1. The second kappa shape index (κ2) is 7.44. The van der Waals surface area contributed by atoms with Crippen LogP contribution in [0.2, 0.25) is 0 Å². The third-order valence-corrected chi connectivity index (χ3v) is 7.63. The Labute approximate surface area is 179 Å². The molecule has 4 heterocycles. The number of aromatic nitrogens is 1. The van der Waals surface area contributed by atoms with Crippen molar-refractivity contribution < 1.29 is 19.4 Å². The van der Waals surface area contributed by atoms with Crippen molar-refractivity contribution in [3.8, 4) is 0 Å². The Balaban J connectivity index is 1.23. The lowest BCUT2D eigenvalue weighted by molar-refractivity contribution is -0.128. The number of nitrogens with zero attached hydrogens (tertiary/aromatic N) is 3. The molecule has 1 N–H and O–H groups in total. The van der Waals surface area contributed by atoms with E-state index in [2.05, 4.69) is 9.27 Å². The normalized spacial score (nSPS) is 21.9. The number of amides is 1. The molecule has 0 saturated carbocycles. The Bertz CT molecular complexity index is 983. The van der Waals surface area contributed by atoms with Gasteiger partial charge in [0.2, 0.25) is 5.91 Å². The van der Waals surface area contributed by atoms with E-state index < -0.39 is 6.10 Å². The molecule has 1 amide bonds. The van der Waals surface area contributed by atoms with E-state index in [1.807, 2.05) is 23.3 Å². The van der Waals surface area contributed by atoms with Gasteiger partial charge in [0, 0.05) is 24.0 Å². The minimum absolute atomic E-state index is 0.224. The predicted octanol–water partition coefficient (Wildman–Crippen LogP) is 2.67. The number of cyclic esters (lactones) is 1. The summed E-state index contributed by atoms with van der Waals surface area (Å²) >= 11 is 1.37. The Morgan fingerprint density at radius 2 is 2.00 bits per heavy atom. The number of anilines is 1. The number of piperidine rings is 1. The highest BCUT2D eigenvalue weighted by Gasteiger charge is 2.48. The number of aliphatic hydroxyl groups is 1. The second-order valence-corrected chi connectivity index (χ2v) is 9.23. The summed E-state index contributed by atoms with van der Waals surface area (Å²) in [7, 11) is 0. The zero-order valence-corrected chi connectivity index (χ0v) is 17.8. The van der Waals surface area contributed by atoms with Crippen molar-refractivity contribution >= 4 is 29.1 Å². The molecule has 3 aliphatic rings. The van der Waals surface area contributed by atoms with Crippen LogP contribution in [0, 0.1) is 12.3 Å². The summed E-state index contributed by atoms with van der Waals surface area (Å²) in [5, 5.41) is 12.8. The van der Waals surface area contributed by atoms with E-state index >= 15 is 0 Å². The van der Waals surface area contributed by atoms with Gasteiger partial charge in [0.25, 0.3) is 0 Å². The predicted molar refractivity (Wildman–Crippen MR) is 112 cm³/mol. The molecule has 0 bridgehead atoms. The monoisotopic (exact) mass is 427 g/mol. The molecule has 3 aliphatic heterocycles. The molecule has 1 spiro atoms. The van der Waals surface area contributed by atoms with Gasteiger partial charge in [-0.3, -0.25) is 4.79 Å². The van der Waals surface area contributed by atoms with Crippen LogP contribution >= 0.6 is 11.5 Å². The summed E-state index contributed by atoms with van der Waals surface area (Å²) < 4.78 is 9.24. The number of esters is 1. The second-order valence-electron chi connectivity index (χ2n) is 8.57. The maximum absolute atomic E-state index is 13.1. The first kappa shape index (κ1) is 19.7. The molecule has 1 unspecified atom stereocenters. The van der Waals surface area contributed by atoms with Crippen LogP contribution in [0.4, 0.5) is 5.69 Å². The smallest absolute Gasteiger partial charge is 0.338 e. The van der Waals surface area contributed by atoms with E-state index in [1.165, 1.54) is 11.5 Å². The van der Waals surface area contributed by atoms with Crippen molar-refractivity contribution in [1.29, 1.82) is 0 Å². The molecule has 2 fully saturated rings. The molecule has 2 aromatic rings. The van der Waals surface area contributed by atoms with Crippen LogP contribution < -0.4 is 4.90 Å². The lowest BCUT2D eigenvalue weighted by Gasteiger charge is -2.38. The summed E-state index contributed by atoms with van der Waals surface area (Å²) in [4.78, 5) is 29.0. The van der Waals surface area contributed by atoms with Crippen LogP contribution in [0.1, 0.15) is 52.4 Å². The first-order valence-electron chi connectivity index (χ1n) is 10.4. The summed E-state index contributed by atoms with van der Waals surface area (Å²) in [6, 6.07) is 3.59. The lowest BCUT2D eigenvalue weighted by atomic mass is 9.77. The molecule has 1 atom stereocenters. The van der Waals surface area contributed by atoms with Gasteiger partial charge in [-0.05, 0) is 68.0 Å². The van der Waals surface area contributed by atoms with Crippen LogP contribution in [0.3, 0.4) is 0 Å². The van der Waals surface area contributed by atoms with E-state index in [0.717, 1.165) is 61.3 Å². The molecule has 2 saturated heterocycles. The molecule has 158 valence electrons. The highest BCUT2D eigenvalue weighted by atomic mass is 32.1. The van der Waals surface area contributed by atoms with Crippen LogP contribution in [-0.4, -0.2) is 52.4 Å². The number of β-amino-alcohol motifs (C(OH)–C–C–N with tert-alkyl or cyclic N) is 1. The average molecular weight is 428 g/mol. The zero-order chi connectivity index (χ0) is 20.9. The van der Waals surface area contributed by atoms with E-state index in [9.17, 15) is 14.7 Å². The largest absolute Gasteiger partial charge is 0.457 e.